The Hall–Kier alpha value is -2.02. The lowest BCUT2D eigenvalue weighted by molar-refractivity contribution is -0.132. The Kier molecular flexibility index (Phi) is 3.48. The number of amides is 2. The average Bonchev–Trinajstić information content (AvgIpc) is 2.33. The Morgan fingerprint density at radius 1 is 1.53 bits per heavy atom. The second-order valence-electron chi connectivity index (χ2n) is 4.25. The van der Waals surface area contributed by atoms with Crippen LogP contribution in [-0.4, -0.2) is 29.4 Å². The molecule has 2 amide bonds. The topological polar surface area (TPSA) is 75.4 Å². The Morgan fingerprint density at radius 2 is 2.21 bits per heavy atom. The first-order valence-electron chi connectivity index (χ1n) is 5.60. The summed E-state index contributed by atoms with van der Waals surface area (Å²) in [4.78, 5) is 24.4. The van der Waals surface area contributed by atoms with Crippen molar-refractivity contribution in [3.05, 3.63) is 29.6 Å². The van der Waals surface area contributed by atoms with Crippen LogP contribution in [0.15, 0.2) is 18.2 Å². The summed E-state index contributed by atoms with van der Waals surface area (Å²) in [6.45, 7) is 1.53. The fourth-order valence-corrected chi connectivity index (χ4v) is 2.03. The molecule has 2 rings (SSSR count). The number of hydrogen-bond acceptors (Lipinski definition) is 4. The van der Waals surface area contributed by atoms with Crippen LogP contribution in [0.4, 0.5) is 10.1 Å². The van der Waals surface area contributed by atoms with Gasteiger partial charge in [-0.15, -0.1) is 0 Å². The average molecular weight is 281 g/mol. The van der Waals surface area contributed by atoms with E-state index in [1.54, 1.807) is 13.0 Å². The van der Waals surface area contributed by atoms with Gasteiger partial charge >= 0.3 is 0 Å². The molecule has 3 N–H and O–H groups in total. The Morgan fingerprint density at radius 3 is 2.79 bits per heavy atom. The van der Waals surface area contributed by atoms with Crippen LogP contribution in [0.25, 0.3) is 0 Å². The lowest BCUT2D eigenvalue weighted by Gasteiger charge is -2.33. The zero-order chi connectivity index (χ0) is 14.2. The normalized spacial score (nSPS) is 19.3. The predicted octanol–water partition coefficient (Wildman–Crippen LogP) is 0.311. The lowest BCUT2D eigenvalue weighted by atomic mass is 10.1. The summed E-state index contributed by atoms with van der Waals surface area (Å²) in [5.41, 5.74) is 5.99. The number of piperazine rings is 1. The third-order valence-electron chi connectivity index (χ3n) is 2.97. The predicted molar refractivity (Wildman–Crippen MR) is 72.2 cm³/mol. The molecule has 1 unspecified atom stereocenters. The summed E-state index contributed by atoms with van der Waals surface area (Å²) in [6.07, 6.45) is 0. The minimum Gasteiger partial charge on any atom is -0.389 e. The molecular weight excluding hydrogens is 269 g/mol. The number of thiocarbonyl (C=S) groups is 1. The molecule has 1 aromatic rings. The Labute approximate surface area is 114 Å². The smallest absolute Gasteiger partial charge is 0.249 e. The number of nitrogens with zero attached hydrogens (tertiary/aromatic N) is 1. The highest BCUT2D eigenvalue weighted by Crippen LogP contribution is 2.24. The molecule has 0 radical (unpaired) electrons. The molecule has 1 saturated heterocycles. The van der Waals surface area contributed by atoms with Crippen LogP contribution in [-0.2, 0) is 9.59 Å². The molecule has 5 nitrogen and oxygen atoms in total. The molecule has 0 bridgehead atoms. The molecule has 19 heavy (non-hydrogen) atoms. The molecule has 1 heterocycles. The molecule has 1 aliphatic heterocycles. The first-order chi connectivity index (χ1) is 8.90. The maximum atomic E-state index is 14.0. The number of halogens is 1. The van der Waals surface area contributed by atoms with Gasteiger partial charge in [-0.3, -0.25) is 14.9 Å². The van der Waals surface area contributed by atoms with Gasteiger partial charge in [0.25, 0.3) is 0 Å². The molecule has 1 fully saturated rings. The number of anilines is 1. The molecule has 1 aliphatic rings. The van der Waals surface area contributed by atoms with Crippen molar-refractivity contribution < 1.29 is 14.0 Å². The SMILES string of the molecule is CC1C(=O)NC(=O)CN1c1ccc(C(N)=S)cc1F. The van der Waals surface area contributed by atoms with Crippen LogP contribution >= 0.6 is 12.2 Å². The highest BCUT2D eigenvalue weighted by Gasteiger charge is 2.31. The number of nitrogens with one attached hydrogen (secondary N) is 1. The number of hydrogen-bond donors (Lipinski definition) is 2. The van der Waals surface area contributed by atoms with E-state index >= 15 is 0 Å². The quantitative estimate of drug-likeness (QED) is 0.603. The second kappa shape index (κ2) is 4.93. The zero-order valence-electron chi connectivity index (χ0n) is 10.1. The standard InChI is InChI=1S/C12H12FN3O2S/c1-6-12(18)15-10(17)5-16(6)9-3-2-7(11(14)19)4-8(9)13/h2-4,6H,5H2,1H3,(H2,14,19)(H,15,17,18). The number of nitrogens with two attached hydrogens (primary N) is 1. The van der Waals surface area contributed by atoms with E-state index in [-0.39, 0.29) is 17.2 Å². The minimum absolute atomic E-state index is 0.0732. The van der Waals surface area contributed by atoms with E-state index in [0.717, 1.165) is 0 Å². The van der Waals surface area contributed by atoms with E-state index in [1.165, 1.54) is 17.0 Å². The maximum Gasteiger partial charge on any atom is 0.249 e. The van der Waals surface area contributed by atoms with Crippen molar-refractivity contribution in [2.45, 2.75) is 13.0 Å². The van der Waals surface area contributed by atoms with Crippen molar-refractivity contribution >= 4 is 34.7 Å². The first kappa shape index (κ1) is 13.4. The zero-order valence-corrected chi connectivity index (χ0v) is 11.0. The van der Waals surface area contributed by atoms with Gasteiger partial charge in [0.1, 0.15) is 16.8 Å². The summed E-state index contributed by atoms with van der Waals surface area (Å²) in [5.74, 6) is -1.48. The molecule has 1 atom stereocenters. The lowest BCUT2D eigenvalue weighted by Crippen LogP contribution is -2.57. The van der Waals surface area contributed by atoms with Crippen molar-refractivity contribution in [2.75, 3.05) is 11.4 Å². The monoisotopic (exact) mass is 281 g/mol. The summed E-state index contributed by atoms with van der Waals surface area (Å²) in [7, 11) is 0. The third-order valence-corrected chi connectivity index (χ3v) is 3.20. The number of carbonyl (C=O) groups is 2. The van der Waals surface area contributed by atoms with Gasteiger partial charge in [0.05, 0.1) is 12.2 Å². The minimum atomic E-state index is -0.622. The van der Waals surface area contributed by atoms with Crippen molar-refractivity contribution in [1.82, 2.24) is 5.32 Å². The fourth-order valence-electron chi connectivity index (χ4n) is 1.90. The molecule has 7 heteroatoms. The summed E-state index contributed by atoms with van der Waals surface area (Å²) < 4.78 is 14.0. The van der Waals surface area contributed by atoms with Gasteiger partial charge < -0.3 is 10.6 Å². The van der Waals surface area contributed by atoms with Crippen LogP contribution in [0.5, 0.6) is 0 Å². The largest absolute Gasteiger partial charge is 0.389 e. The van der Waals surface area contributed by atoms with Crippen LogP contribution < -0.4 is 16.0 Å². The maximum absolute atomic E-state index is 14.0. The second-order valence-corrected chi connectivity index (χ2v) is 4.69. The van der Waals surface area contributed by atoms with E-state index in [0.29, 0.717) is 5.56 Å². The highest BCUT2D eigenvalue weighted by molar-refractivity contribution is 7.80. The van der Waals surface area contributed by atoms with Gasteiger partial charge in [0, 0.05) is 5.56 Å². The van der Waals surface area contributed by atoms with Crippen LogP contribution in [0.2, 0.25) is 0 Å². The Balaban J connectivity index is 2.38. The van der Waals surface area contributed by atoms with Crippen molar-refractivity contribution in [3.8, 4) is 0 Å². The van der Waals surface area contributed by atoms with Gasteiger partial charge in [-0.2, -0.15) is 0 Å². The van der Waals surface area contributed by atoms with Gasteiger partial charge in [-0.1, -0.05) is 12.2 Å². The number of imide groups is 1. The molecule has 0 spiro atoms. The molecule has 0 saturated carbocycles. The van der Waals surface area contributed by atoms with Crippen molar-refractivity contribution in [2.24, 2.45) is 5.73 Å². The van der Waals surface area contributed by atoms with E-state index in [9.17, 15) is 14.0 Å². The van der Waals surface area contributed by atoms with Gasteiger partial charge in [0.15, 0.2) is 0 Å². The molecule has 0 aliphatic carbocycles. The summed E-state index contributed by atoms with van der Waals surface area (Å²) in [6, 6.07) is 3.60. The summed E-state index contributed by atoms with van der Waals surface area (Å²) in [5, 5.41) is 2.20. The number of carbonyl (C=O) groups excluding carboxylic acids is 2. The van der Waals surface area contributed by atoms with E-state index < -0.39 is 23.7 Å². The Bertz CT molecular complexity index is 576. The number of rotatable bonds is 2. The van der Waals surface area contributed by atoms with Crippen molar-refractivity contribution in [1.29, 1.82) is 0 Å². The first-order valence-corrected chi connectivity index (χ1v) is 6.00. The van der Waals surface area contributed by atoms with Crippen LogP contribution in [0.3, 0.4) is 0 Å². The number of benzene rings is 1. The molecule has 100 valence electrons. The molecule has 1 aromatic carbocycles. The van der Waals surface area contributed by atoms with Gasteiger partial charge in [0.2, 0.25) is 11.8 Å². The van der Waals surface area contributed by atoms with Crippen LogP contribution in [0.1, 0.15) is 12.5 Å². The van der Waals surface area contributed by atoms with Gasteiger partial charge in [-0.05, 0) is 25.1 Å². The van der Waals surface area contributed by atoms with E-state index in [4.69, 9.17) is 18.0 Å². The van der Waals surface area contributed by atoms with E-state index in [1.807, 2.05) is 0 Å². The third kappa shape index (κ3) is 2.55. The van der Waals surface area contributed by atoms with Gasteiger partial charge in [-0.25, -0.2) is 4.39 Å². The molecular formula is C12H12FN3O2S. The van der Waals surface area contributed by atoms with E-state index in [2.05, 4.69) is 5.32 Å². The van der Waals surface area contributed by atoms with Crippen molar-refractivity contribution in [3.63, 3.8) is 0 Å². The highest BCUT2D eigenvalue weighted by atomic mass is 32.1. The van der Waals surface area contributed by atoms with Crippen LogP contribution in [0, 0.1) is 5.82 Å². The summed E-state index contributed by atoms with van der Waals surface area (Å²) >= 11 is 4.76. The fraction of sp³-hybridized carbons (Fsp3) is 0.250. The molecule has 0 aromatic heterocycles.